The van der Waals surface area contributed by atoms with Crippen molar-refractivity contribution in [3.8, 4) is 0 Å². The van der Waals surface area contributed by atoms with Gasteiger partial charge in [0.05, 0.1) is 19.8 Å². The molecule has 0 saturated carbocycles. The van der Waals surface area contributed by atoms with Crippen LogP contribution in [0.25, 0.3) is 0 Å². The molecule has 1 fully saturated rings. The Morgan fingerprint density at radius 1 is 1.31 bits per heavy atom. The minimum absolute atomic E-state index is 0.182. The number of aliphatic imine (C=N–C) groups is 1. The van der Waals surface area contributed by atoms with Gasteiger partial charge in [-0.1, -0.05) is 32.0 Å². The second-order valence-corrected chi connectivity index (χ2v) is 6.97. The predicted molar refractivity (Wildman–Crippen MR) is 104 cm³/mol. The van der Waals surface area contributed by atoms with E-state index >= 15 is 0 Å². The molecule has 2 rings (SSSR count). The fourth-order valence-corrected chi connectivity index (χ4v) is 2.66. The average Bonchev–Trinajstić information content (AvgIpc) is 2.64. The van der Waals surface area contributed by atoms with Crippen molar-refractivity contribution in [3.05, 3.63) is 35.4 Å². The molecule has 1 aliphatic rings. The van der Waals surface area contributed by atoms with Crippen LogP contribution in [0.5, 0.6) is 0 Å². The molecule has 1 heterocycles. The Morgan fingerprint density at radius 3 is 2.73 bits per heavy atom. The number of nitrogens with one attached hydrogen (secondary N) is 1. The molecule has 6 heteroatoms. The molecule has 1 saturated heterocycles. The van der Waals surface area contributed by atoms with Gasteiger partial charge in [-0.25, -0.2) is 4.99 Å². The van der Waals surface area contributed by atoms with Crippen molar-refractivity contribution < 1.29 is 14.3 Å². The number of hydrogen-bond donors (Lipinski definition) is 1. The molecule has 1 aromatic carbocycles. The van der Waals surface area contributed by atoms with Crippen LogP contribution in [-0.2, 0) is 9.47 Å². The zero-order chi connectivity index (χ0) is 18.8. The normalized spacial score (nSPS) is 15.9. The van der Waals surface area contributed by atoms with Gasteiger partial charge >= 0.3 is 0 Å². The summed E-state index contributed by atoms with van der Waals surface area (Å²) < 4.78 is 11.1. The summed E-state index contributed by atoms with van der Waals surface area (Å²) in [6.07, 6.45) is 0.925. The number of hydrogen-bond acceptors (Lipinski definition) is 5. The van der Waals surface area contributed by atoms with Gasteiger partial charge in [0, 0.05) is 31.7 Å². The molecule has 144 valence electrons. The Balaban J connectivity index is 1.89. The molecule has 0 aromatic heterocycles. The third-order valence-corrected chi connectivity index (χ3v) is 4.16. The molecular formula is C20H31N3O3. The van der Waals surface area contributed by atoms with E-state index in [1.54, 1.807) is 0 Å². The van der Waals surface area contributed by atoms with Gasteiger partial charge < -0.3 is 9.47 Å². The van der Waals surface area contributed by atoms with Crippen LogP contribution < -0.4 is 5.32 Å². The minimum Gasteiger partial charge on any atom is -0.465 e. The lowest BCUT2D eigenvalue weighted by Gasteiger charge is -2.26. The van der Waals surface area contributed by atoms with Gasteiger partial charge in [0.15, 0.2) is 0 Å². The highest BCUT2D eigenvalue weighted by atomic mass is 16.5. The Labute approximate surface area is 156 Å². The van der Waals surface area contributed by atoms with E-state index in [1.165, 1.54) is 0 Å². The second-order valence-electron chi connectivity index (χ2n) is 6.97. The number of carbonyl (C=O) groups excluding carboxylic acids is 1. The number of morpholine rings is 1. The van der Waals surface area contributed by atoms with Crippen molar-refractivity contribution in [2.75, 3.05) is 46.0 Å². The zero-order valence-electron chi connectivity index (χ0n) is 16.2. The summed E-state index contributed by atoms with van der Waals surface area (Å²) in [5.41, 5.74) is 1.57. The van der Waals surface area contributed by atoms with E-state index in [4.69, 9.17) is 9.47 Å². The first-order chi connectivity index (χ1) is 12.6. The third kappa shape index (κ3) is 7.14. The number of carbonyl (C=O) groups is 1. The maximum Gasteiger partial charge on any atom is 0.291 e. The van der Waals surface area contributed by atoms with Crippen LogP contribution in [0.15, 0.2) is 29.3 Å². The number of rotatable bonds is 7. The van der Waals surface area contributed by atoms with Crippen LogP contribution in [0.4, 0.5) is 0 Å². The summed E-state index contributed by atoms with van der Waals surface area (Å²) in [4.78, 5) is 19.4. The molecule has 0 aliphatic carbocycles. The highest BCUT2D eigenvalue weighted by Crippen LogP contribution is 2.07. The van der Waals surface area contributed by atoms with Crippen molar-refractivity contribution in [1.29, 1.82) is 0 Å². The van der Waals surface area contributed by atoms with E-state index in [0.29, 0.717) is 30.7 Å². The van der Waals surface area contributed by atoms with Crippen LogP contribution in [0.2, 0.25) is 0 Å². The van der Waals surface area contributed by atoms with Crippen molar-refractivity contribution in [2.45, 2.75) is 27.2 Å². The van der Waals surface area contributed by atoms with E-state index in [9.17, 15) is 4.79 Å². The van der Waals surface area contributed by atoms with Crippen LogP contribution in [0.3, 0.4) is 0 Å². The Bertz CT molecular complexity index is 596. The first-order valence-electron chi connectivity index (χ1n) is 9.40. The first kappa shape index (κ1) is 20.4. The molecule has 0 bridgehead atoms. The van der Waals surface area contributed by atoms with E-state index in [2.05, 4.69) is 29.1 Å². The number of ether oxygens (including phenoxy) is 2. The zero-order valence-corrected chi connectivity index (χ0v) is 16.2. The molecule has 0 unspecified atom stereocenters. The van der Waals surface area contributed by atoms with Crippen molar-refractivity contribution >= 4 is 11.9 Å². The van der Waals surface area contributed by atoms with Gasteiger partial charge in [-0.3, -0.25) is 15.0 Å². The maximum atomic E-state index is 12.5. The largest absolute Gasteiger partial charge is 0.465 e. The standard InChI is InChI=1S/C20H31N3O3/c1-16(2)15-26-20(21-9-6-10-23-11-13-25-14-12-23)22-19(24)18-8-5-4-7-17(18)3/h4-5,7-8,16H,6,9-15H2,1-3H3,(H,21,22,24). The van der Waals surface area contributed by atoms with Gasteiger partial charge in [-0.2, -0.15) is 0 Å². The molecule has 1 aromatic rings. The smallest absolute Gasteiger partial charge is 0.291 e. The summed E-state index contributed by atoms with van der Waals surface area (Å²) in [5.74, 6) is 0.183. The van der Waals surface area contributed by atoms with Crippen LogP contribution >= 0.6 is 0 Å². The molecule has 1 amide bonds. The van der Waals surface area contributed by atoms with Gasteiger partial charge in [0.25, 0.3) is 11.9 Å². The lowest BCUT2D eigenvalue weighted by molar-refractivity contribution is 0.0377. The molecule has 0 spiro atoms. The van der Waals surface area contributed by atoms with Crippen molar-refractivity contribution in [1.82, 2.24) is 10.2 Å². The minimum atomic E-state index is -0.182. The summed E-state index contributed by atoms with van der Waals surface area (Å²) in [7, 11) is 0. The van der Waals surface area contributed by atoms with Crippen molar-refractivity contribution in [2.24, 2.45) is 10.9 Å². The molecule has 0 atom stereocenters. The number of amides is 1. The molecule has 1 aliphatic heterocycles. The van der Waals surface area contributed by atoms with Crippen LogP contribution in [-0.4, -0.2) is 62.8 Å². The van der Waals surface area contributed by atoms with E-state index < -0.39 is 0 Å². The predicted octanol–water partition coefficient (Wildman–Crippen LogP) is 2.48. The number of amidine groups is 1. The van der Waals surface area contributed by atoms with Gasteiger partial charge in [-0.15, -0.1) is 0 Å². The second kappa shape index (κ2) is 10.9. The molecule has 26 heavy (non-hydrogen) atoms. The maximum absolute atomic E-state index is 12.5. The Hall–Kier alpha value is -1.92. The number of nitrogens with zero attached hydrogens (tertiary/aromatic N) is 2. The fraction of sp³-hybridized carbons (Fsp3) is 0.600. The van der Waals surface area contributed by atoms with Gasteiger partial charge in [0.1, 0.15) is 0 Å². The molecule has 6 nitrogen and oxygen atoms in total. The first-order valence-corrected chi connectivity index (χ1v) is 9.40. The number of benzene rings is 1. The molecule has 0 radical (unpaired) electrons. The summed E-state index contributed by atoms with van der Waals surface area (Å²) in [6.45, 7) is 11.7. The Kier molecular flexibility index (Phi) is 8.58. The third-order valence-electron chi connectivity index (χ3n) is 4.16. The van der Waals surface area contributed by atoms with Crippen molar-refractivity contribution in [3.63, 3.8) is 0 Å². The number of aryl methyl sites for hydroxylation is 1. The topological polar surface area (TPSA) is 63.2 Å². The summed E-state index contributed by atoms with van der Waals surface area (Å²) in [6, 6.07) is 7.82. The molecular weight excluding hydrogens is 330 g/mol. The van der Waals surface area contributed by atoms with Crippen LogP contribution in [0, 0.1) is 12.8 Å². The highest BCUT2D eigenvalue weighted by molar-refractivity contribution is 6.04. The lowest BCUT2D eigenvalue weighted by atomic mass is 10.1. The Morgan fingerprint density at radius 2 is 2.04 bits per heavy atom. The SMILES string of the molecule is Cc1ccccc1C(=O)NC(=NCCCN1CCOCC1)OCC(C)C. The average molecular weight is 361 g/mol. The van der Waals surface area contributed by atoms with E-state index in [-0.39, 0.29) is 5.91 Å². The fourth-order valence-electron chi connectivity index (χ4n) is 2.66. The monoisotopic (exact) mass is 361 g/mol. The summed E-state index contributed by atoms with van der Waals surface area (Å²) >= 11 is 0. The highest BCUT2D eigenvalue weighted by Gasteiger charge is 2.13. The summed E-state index contributed by atoms with van der Waals surface area (Å²) in [5, 5.41) is 2.82. The van der Waals surface area contributed by atoms with E-state index in [0.717, 1.165) is 44.8 Å². The van der Waals surface area contributed by atoms with E-state index in [1.807, 2.05) is 31.2 Å². The molecule has 1 N–H and O–H groups in total. The van der Waals surface area contributed by atoms with Gasteiger partial charge in [-0.05, 0) is 30.9 Å². The van der Waals surface area contributed by atoms with Gasteiger partial charge in [0.2, 0.25) is 0 Å². The van der Waals surface area contributed by atoms with Crippen LogP contribution in [0.1, 0.15) is 36.2 Å². The quantitative estimate of drug-likeness (QED) is 0.460. The lowest BCUT2D eigenvalue weighted by Crippen LogP contribution is -2.37.